The first-order valence-electron chi connectivity index (χ1n) is 8.11. The summed E-state index contributed by atoms with van der Waals surface area (Å²) in [4.78, 5) is 10.7. The van der Waals surface area contributed by atoms with Crippen molar-refractivity contribution in [2.24, 2.45) is 7.05 Å². The summed E-state index contributed by atoms with van der Waals surface area (Å²) in [5, 5.41) is 4.88. The lowest BCUT2D eigenvalue weighted by Gasteiger charge is -2.31. The molecule has 6 heteroatoms. The highest BCUT2D eigenvalue weighted by Crippen LogP contribution is 2.29. The lowest BCUT2D eigenvalue weighted by molar-refractivity contribution is -0.0178. The molecule has 0 bridgehead atoms. The van der Waals surface area contributed by atoms with Gasteiger partial charge in [-0.1, -0.05) is 0 Å². The minimum Gasteiger partial charge on any atom is -0.369 e. The van der Waals surface area contributed by atoms with Crippen molar-refractivity contribution in [3.63, 3.8) is 0 Å². The van der Waals surface area contributed by atoms with E-state index in [9.17, 15) is 0 Å². The van der Waals surface area contributed by atoms with E-state index in [4.69, 9.17) is 9.72 Å². The molecular weight excluding hydrogens is 296 g/mol. The third-order valence-electron chi connectivity index (χ3n) is 4.59. The molecule has 1 saturated heterocycles. The molecular formula is C16H22N4OS. The van der Waals surface area contributed by atoms with Crippen molar-refractivity contribution >= 4 is 11.3 Å². The number of hydrogen-bond acceptors (Lipinski definition) is 5. The van der Waals surface area contributed by atoms with Crippen molar-refractivity contribution in [2.75, 3.05) is 6.61 Å². The maximum Gasteiger partial charge on any atom is 0.139 e. The van der Waals surface area contributed by atoms with Crippen LogP contribution in [0.2, 0.25) is 0 Å². The van der Waals surface area contributed by atoms with Crippen molar-refractivity contribution in [3.05, 3.63) is 33.8 Å². The molecule has 2 aromatic rings. The molecule has 22 heavy (non-hydrogen) atoms. The third kappa shape index (κ3) is 2.71. The molecule has 0 unspecified atom stereocenters. The van der Waals surface area contributed by atoms with Gasteiger partial charge in [-0.05, 0) is 32.1 Å². The van der Waals surface area contributed by atoms with E-state index in [1.165, 1.54) is 28.4 Å². The average Bonchev–Trinajstić information content (AvgIpc) is 3.21. The maximum atomic E-state index is 6.00. The highest BCUT2D eigenvalue weighted by Gasteiger charge is 2.30. The van der Waals surface area contributed by atoms with Gasteiger partial charge in [-0.15, -0.1) is 11.3 Å². The van der Waals surface area contributed by atoms with Crippen LogP contribution in [-0.4, -0.2) is 27.2 Å². The van der Waals surface area contributed by atoms with Crippen LogP contribution in [0.25, 0.3) is 0 Å². The Balaban J connectivity index is 1.44. The molecule has 2 atom stereocenters. The first-order chi connectivity index (χ1) is 10.8. The first kappa shape index (κ1) is 14.4. The Hall–Kier alpha value is -1.24. The molecule has 2 aliphatic rings. The lowest BCUT2D eigenvalue weighted by atomic mass is 10.0. The van der Waals surface area contributed by atoms with Crippen LogP contribution in [0.5, 0.6) is 0 Å². The number of nitrogens with one attached hydrogen (secondary N) is 1. The molecule has 3 heterocycles. The monoisotopic (exact) mass is 318 g/mol. The van der Waals surface area contributed by atoms with Gasteiger partial charge in [-0.2, -0.15) is 0 Å². The molecule has 5 nitrogen and oxygen atoms in total. The molecule has 0 radical (unpaired) electrons. The summed E-state index contributed by atoms with van der Waals surface area (Å²) < 4.78 is 8.06. The van der Waals surface area contributed by atoms with E-state index < -0.39 is 0 Å². The molecule has 0 spiro atoms. The number of ether oxygens (including phenoxy) is 1. The van der Waals surface area contributed by atoms with Gasteiger partial charge in [-0.3, -0.25) is 0 Å². The fourth-order valence-electron chi connectivity index (χ4n) is 3.43. The van der Waals surface area contributed by atoms with Crippen molar-refractivity contribution in [3.8, 4) is 0 Å². The summed E-state index contributed by atoms with van der Waals surface area (Å²) in [5.74, 6) is 1.01. The van der Waals surface area contributed by atoms with Gasteiger partial charge in [0.05, 0.1) is 5.69 Å². The molecule has 1 aliphatic carbocycles. The van der Waals surface area contributed by atoms with Crippen LogP contribution < -0.4 is 5.32 Å². The number of imidazole rings is 1. The molecule has 1 fully saturated rings. The Morgan fingerprint density at radius 2 is 2.36 bits per heavy atom. The molecule has 118 valence electrons. The van der Waals surface area contributed by atoms with E-state index in [-0.39, 0.29) is 6.10 Å². The van der Waals surface area contributed by atoms with Gasteiger partial charge < -0.3 is 14.6 Å². The number of nitrogens with zero attached hydrogens (tertiary/aromatic N) is 3. The first-order valence-corrected chi connectivity index (χ1v) is 8.92. The molecule has 0 amide bonds. The van der Waals surface area contributed by atoms with E-state index in [2.05, 4.69) is 14.9 Å². The van der Waals surface area contributed by atoms with E-state index in [0.29, 0.717) is 6.04 Å². The topological polar surface area (TPSA) is 52.0 Å². The number of thiazole rings is 1. The number of fused-ring (bicyclic) bond motifs is 1. The van der Waals surface area contributed by atoms with Crippen LogP contribution in [0.4, 0.5) is 0 Å². The standard InChI is InChI=1S/C16H22N4OS/c1-20-8-7-17-16(20)15-12(5-3-9-21-15)18-10-14-19-11-4-2-6-13(11)22-14/h7-8,12,15,18H,2-6,9-10H2,1H3/t12-,15-/m0/s1. The average molecular weight is 318 g/mol. The highest BCUT2D eigenvalue weighted by molar-refractivity contribution is 7.11. The molecule has 1 aliphatic heterocycles. The molecule has 2 aromatic heterocycles. The van der Waals surface area contributed by atoms with Gasteiger partial charge in [-0.25, -0.2) is 9.97 Å². The summed E-state index contributed by atoms with van der Waals surface area (Å²) in [6.45, 7) is 1.66. The summed E-state index contributed by atoms with van der Waals surface area (Å²) >= 11 is 1.88. The summed E-state index contributed by atoms with van der Waals surface area (Å²) in [6.07, 6.45) is 9.75. The fourth-order valence-corrected chi connectivity index (χ4v) is 4.54. The van der Waals surface area contributed by atoms with E-state index in [0.717, 1.165) is 38.2 Å². The Morgan fingerprint density at radius 1 is 1.41 bits per heavy atom. The molecule has 1 N–H and O–H groups in total. The minimum atomic E-state index is 0.0422. The molecule has 0 saturated carbocycles. The summed E-state index contributed by atoms with van der Waals surface area (Å²) in [7, 11) is 2.03. The SMILES string of the molecule is Cn1ccnc1[C@H]1OCCC[C@@H]1NCc1nc2c(s1)CCC2. The lowest BCUT2D eigenvalue weighted by Crippen LogP contribution is -2.40. The zero-order valence-corrected chi connectivity index (χ0v) is 13.7. The van der Waals surface area contributed by atoms with E-state index in [1.54, 1.807) is 0 Å². The smallest absolute Gasteiger partial charge is 0.139 e. The zero-order valence-electron chi connectivity index (χ0n) is 12.9. The van der Waals surface area contributed by atoms with Crippen LogP contribution >= 0.6 is 11.3 Å². The van der Waals surface area contributed by atoms with Crippen LogP contribution in [0.3, 0.4) is 0 Å². The predicted molar refractivity (Wildman–Crippen MR) is 85.9 cm³/mol. The predicted octanol–water partition coefficient (Wildman–Crippen LogP) is 2.38. The number of hydrogen-bond donors (Lipinski definition) is 1. The van der Waals surface area contributed by atoms with E-state index in [1.807, 2.05) is 30.8 Å². The van der Waals surface area contributed by atoms with Crippen molar-refractivity contribution in [1.82, 2.24) is 19.9 Å². The minimum absolute atomic E-state index is 0.0422. The second-order valence-electron chi connectivity index (χ2n) is 6.15. The van der Waals surface area contributed by atoms with E-state index >= 15 is 0 Å². The Bertz CT molecular complexity index is 629. The number of aryl methyl sites for hydroxylation is 3. The number of aromatic nitrogens is 3. The number of rotatable bonds is 4. The van der Waals surface area contributed by atoms with Gasteiger partial charge in [0.25, 0.3) is 0 Å². The van der Waals surface area contributed by atoms with Crippen LogP contribution in [0.1, 0.15) is 46.8 Å². The molecule has 4 rings (SSSR count). The third-order valence-corrected chi connectivity index (χ3v) is 5.75. The molecule has 0 aromatic carbocycles. The van der Waals surface area contributed by atoms with Gasteiger partial charge in [0.2, 0.25) is 0 Å². The van der Waals surface area contributed by atoms with Crippen molar-refractivity contribution in [1.29, 1.82) is 0 Å². The second-order valence-corrected chi connectivity index (χ2v) is 7.32. The highest BCUT2D eigenvalue weighted by atomic mass is 32.1. The van der Waals surface area contributed by atoms with Crippen molar-refractivity contribution < 1.29 is 4.74 Å². The van der Waals surface area contributed by atoms with Crippen LogP contribution in [0.15, 0.2) is 12.4 Å². The Kier molecular flexibility index (Phi) is 3.98. The normalized spacial score (nSPS) is 24.6. The summed E-state index contributed by atoms with van der Waals surface area (Å²) in [5.41, 5.74) is 1.34. The van der Waals surface area contributed by atoms with Crippen LogP contribution in [0, 0.1) is 0 Å². The van der Waals surface area contributed by atoms with Gasteiger partial charge >= 0.3 is 0 Å². The fraction of sp³-hybridized carbons (Fsp3) is 0.625. The van der Waals surface area contributed by atoms with Gasteiger partial charge in [0, 0.05) is 43.5 Å². The van der Waals surface area contributed by atoms with Crippen LogP contribution in [-0.2, 0) is 31.2 Å². The zero-order chi connectivity index (χ0) is 14.9. The summed E-state index contributed by atoms with van der Waals surface area (Å²) in [6, 6.07) is 0.314. The Labute approximate surface area is 134 Å². The van der Waals surface area contributed by atoms with Crippen molar-refractivity contribution in [2.45, 2.75) is 50.8 Å². The largest absolute Gasteiger partial charge is 0.369 e. The van der Waals surface area contributed by atoms with Gasteiger partial charge in [0.1, 0.15) is 16.9 Å². The quantitative estimate of drug-likeness (QED) is 0.940. The Morgan fingerprint density at radius 3 is 3.18 bits per heavy atom. The maximum absolute atomic E-state index is 6.00. The second kappa shape index (κ2) is 6.10. The van der Waals surface area contributed by atoms with Gasteiger partial charge in [0.15, 0.2) is 0 Å².